The van der Waals surface area contributed by atoms with Gasteiger partial charge in [0.1, 0.15) is 17.6 Å². The van der Waals surface area contributed by atoms with Gasteiger partial charge in [-0.1, -0.05) is 56.7 Å². The Bertz CT molecular complexity index is 1830. The number of nitrogens with one attached hydrogen (secondary N) is 1. The number of pyridine rings is 1. The maximum atomic E-state index is 14.0. The number of hydrogen-bond acceptors (Lipinski definition) is 8. The second-order valence-electron chi connectivity index (χ2n) is 9.60. The van der Waals surface area contributed by atoms with Gasteiger partial charge in [0, 0.05) is 19.0 Å². The maximum Gasteiger partial charge on any atom is 0.277 e. The number of carbonyl (C=O) groups excluding carboxylic acids is 1. The molecule has 11 heteroatoms. The fourth-order valence-corrected chi connectivity index (χ4v) is 6.18. The van der Waals surface area contributed by atoms with Crippen molar-refractivity contribution < 1.29 is 18.3 Å². The predicted octanol–water partition coefficient (Wildman–Crippen LogP) is 4.42. The number of aryl methyl sites for hydroxylation is 1. The molecule has 216 valence electrons. The maximum absolute atomic E-state index is 14.0. The van der Waals surface area contributed by atoms with E-state index in [1.807, 2.05) is 19.9 Å². The van der Waals surface area contributed by atoms with Crippen molar-refractivity contribution in [3.8, 4) is 23.1 Å². The summed E-state index contributed by atoms with van der Waals surface area (Å²) in [5.41, 5.74) is 1.27. The first-order valence-corrected chi connectivity index (χ1v) is 15.0. The fraction of sp³-hybridized carbons (Fsp3) is 0.258. The largest absolute Gasteiger partial charge is 0.492 e. The molecule has 0 saturated heterocycles. The van der Waals surface area contributed by atoms with Gasteiger partial charge in [-0.25, -0.2) is 13.4 Å². The molecule has 2 aromatic heterocycles. The van der Waals surface area contributed by atoms with E-state index >= 15 is 0 Å². The first-order valence-electron chi connectivity index (χ1n) is 13.6. The van der Waals surface area contributed by atoms with E-state index in [2.05, 4.69) is 15.3 Å². The highest BCUT2D eigenvalue weighted by atomic mass is 32.2. The molecule has 0 spiro atoms. The van der Waals surface area contributed by atoms with Crippen molar-refractivity contribution >= 4 is 15.7 Å². The molecule has 42 heavy (non-hydrogen) atoms. The van der Waals surface area contributed by atoms with Gasteiger partial charge < -0.3 is 10.4 Å². The molecule has 0 fully saturated rings. The van der Waals surface area contributed by atoms with Crippen molar-refractivity contribution in [2.24, 2.45) is 0 Å². The first-order chi connectivity index (χ1) is 20.2. The summed E-state index contributed by atoms with van der Waals surface area (Å²) in [7, 11) is -3.00. The average Bonchev–Trinajstić information content (AvgIpc) is 3.01. The van der Waals surface area contributed by atoms with Crippen molar-refractivity contribution in [2.75, 3.05) is 7.05 Å². The molecule has 0 saturated carbocycles. The van der Waals surface area contributed by atoms with Crippen LogP contribution in [0.25, 0.3) is 11.1 Å². The van der Waals surface area contributed by atoms with E-state index in [4.69, 9.17) is 0 Å². The van der Waals surface area contributed by atoms with Crippen molar-refractivity contribution in [2.45, 2.75) is 55.4 Å². The van der Waals surface area contributed by atoms with Crippen LogP contribution in [0.15, 0.2) is 81.3 Å². The highest BCUT2D eigenvalue weighted by molar-refractivity contribution is 7.91. The van der Waals surface area contributed by atoms with E-state index in [1.54, 1.807) is 54.6 Å². The summed E-state index contributed by atoms with van der Waals surface area (Å²) in [5, 5.41) is 22.8. The van der Waals surface area contributed by atoms with Crippen molar-refractivity contribution in [1.29, 1.82) is 5.26 Å². The third-order valence-electron chi connectivity index (χ3n) is 6.95. The molecule has 0 aliphatic rings. The van der Waals surface area contributed by atoms with Crippen LogP contribution in [0.5, 0.6) is 5.88 Å². The predicted molar refractivity (Wildman–Crippen MR) is 157 cm³/mol. The monoisotopic (exact) mass is 585 g/mol. The molecule has 0 aliphatic carbocycles. The van der Waals surface area contributed by atoms with Gasteiger partial charge in [0.2, 0.25) is 15.7 Å². The van der Waals surface area contributed by atoms with Gasteiger partial charge in [0.25, 0.3) is 11.5 Å². The first kappa shape index (κ1) is 30.1. The van der Waals surface area contributed by atoms with Crippen LogP contribution >= 0.6 is 0 Å². The molecule has 0 unspecified atom stereocenters. The van der Waals surface area contributed by atoms with E-state index in [0.29, 0.717) is 41.6 Å². The van der Waals surface area contributed by atoms with Gasteiger partial charge in [-0.3, -0.25) is 14.2 Å². The number of nitriles is 1. The number of carbonyl (C=O) groups is 1. The number of nitrogens with zero attached hydrogens (tertiary/aromatic N) is 4. The van der Waals surface area contributed by atoms with Crippen LogP contribution in [0.2, 0.25) is 0 Å². The molecule has 2 aromatic carbocycles. The molecule has 1 amide bonds. The number of unbranched alkanes of at least 4 members (excludes halogenated alkanes) is 1. The number of sulfone groups is 1. The summed E-state index contributed by atoms with van der Waals surface area (Å²) in [6.45, 7) is 3.78. The van der Waals surface area contributed by atoms with Crippen LogP contribution in [0.1, 0.15) is 66.7 Å². The lowest BCUT2D eigenvalue weighted by molar-refractivity contribution is 0.0963. The van der Waals surface area contributed by atoms with Crippen molar-refractivity contribution in [3.63, 3.8) is 0 Å². The number of aromatic hydroxyl groups is 1. The van der Waals surface area contributed by atoms with Crippen LogP contribution < -0.4 is 10.9 Å². The molecule has 0 aliphatic heterocycles. The Morgan fingerprint density at radius 1 is 1.05 bits per heavy atom. The summed E-state index contributed by atoms with van der Waals surface area (Å²) >= 11 is 0. The zero-order valence-electron chi connectivity index (χ0n) is 23.5. The number of rotatable bonds is 10. The molecular weight excluding hydrogens is 554 g/mol. The van der Waals surface area contributed by atoms with E-state index in [9.17, 15) is 28.4 Å². The number of aromatic nitrogens is 3. The summed E-state index contributed by atoms with van der Waals surface area (Å²) in [4.78, 5) is 33.8. The number of benzene rings is 2. The number of amides is 1. The highest BCUT2D eigenvalue weighted by Gasteiger charge is 2.32. The summed E-state index contributed by atoms with van der Waals surface area (Å²) in [6, 6.07) is 18.8. The van der Waals surface area contributed by atoms with Gasteiger partial charge in [0.05, 0.1) is 16.6 Å². The average molecular weight is 586 g/mol. The third-order valence-corrected chi connectivity index (χ3v) is 8.74. The van der Waals surface area contributed by atoms with E-state index < -0.39 is 32.2 Å². The van der Waals surface area contributed by atoms with Gasteiger partial charge in [-0.2, -0.15) is 10.2 Å². The lowest BCUT2D eigenvalue weighted by Gasteiger charge is -2.22. The minimum Gasteiger partial charge on any atom is -0.492 e. The topological polar surface area (TPSA) is 155 Å². The van der Waals surface area contributed by atoms with Gasteiger partial charge in [-0.05, 0) is 54.3 Å². The summed E-state index contributed by atoms with van der Waals surface area (Å²) in [6.07, 6.45) is 2.11. The van der Waals surface area contributed by atoms with E-state index in [0.717, 1.165) is 6.42 Å². The van der Waals surface area contributed by atoms with E-state index in [1.165, 1.54) is 23.7 Å². The Balaban J connectivity index is 1.86. The molecule has 0 bridgehead atoms. The molecule has 4 aromatic rings. The minimum absolute atomic E-state index is 0.159. The lowest BCUT2D eigenvalue weighted by atomic mass is 9.99. The smallest absolute Gasteiger partial charge is 0.277 e. The molecular formula is C31H31N5O5S. The van der Waals surface area contributed by atoms with Crippen LogP contribution in [0.3, 0.4) is 0 Å². The standard InChI is InChI=1S/C31H31N5O5S/c1-4-6-14-27-35-30(38)28(31(39)36(27)26(5-2)25-13-9-10-21(19-32)34-25)42(40,41)22-17-15-20(16-18-22)23-11-7-8-12-24(23)29(37)33-3/h7-13,15-18,26,38H,4-6,14H2,1-3H3,(H,33,37)/t26-/m0/s1. The van der Waals surface area contributed by atoms with Gasteiger partial charge >= 0.3 is 0 Å². The Morgan fingerprint density at radius 3 is 2.40 bits per heavy atom. The highest BCUT2D eigenvalue weighted by Crippen LogP contribution is 2.30. The molecule has 2 N–H and O–H groups in total. The van der Waals surface area contributed by atoms with E-state index in [-0.39, 0.29) is 22.3 Å². The van der Waals surface area contributed by atoms with Crippen molar-refractivity contribution in [3.05, 3.63) is 99.9 Å². The van der Waals surface area contributed by atoms with Crippen LogP contribution in [-0.2, 0) is 16.3 Å². The molecule has 10 nitrogen and oxygen atoms in total. The Labute approximate surface area is 244 Å². The quantitative estimate of drug-likeness (QED) is 0.277. The molecule has 2 heterocycles. The Kier molecular flexibility index (Phi) is 9.18. The minimum atomic E-state index is -4.52. The van der Waals surface area contributed by atoms with Crippen molar-refractivity contribution in [1.82, 2.24) is 19.9 Å². The van der Waals surface area contributed by atoms with Crippen LogP contribution in [0.4, 0.5) is 0 Å². The molecule has 0 radical (unpaired) electrons. The fourth-order valence-electron chi connectivity index (χ4n) is 4.84. The van der Waals surface area contributed by atoms with Gasteiger partial charge in [0.15, 0.2) is 4.90 Å². The normalized spacial score (nSPS) is 12.0. The van der Waals surface area contributed by atoms with Crippen LogP contribution in [-0.4, -0.2) is 41.0 Å². The summed E-state index contributed by atoms with van der Waals surface area (Å²) < 4.78 is 28.9. The second-order valence-corrected chi connectivity index (χ2v) is 11.5. The zero-order chi connectivity index (χ0) is 30.4. The molecule has 1 atom stereocenters. The molecule has 4 rings (SSSR count). The Morgan fingerprint density at radius 2 is 1.76 bits per heavy atom. The lowest BCUT2D eigenvalue weighted by Crippen LogP contribution is -2.34. The number of hydrogen-bond donors (Lipinski definition) is 2. The SMILES string of the molecule is CCCCc1nc(O)c(S(=O)(=O)c2ccc(-c3ccccc3C(=O)NC)cc2)c(=O)n1[C@@H](CC)c1cccc(C#N)n1. The zero-order valence-corrected chi connectivity index (χ0v) is 24.4. The Hall–Kier alpha value is -4.82. The second kappa shape index (κ2) is 12.8. The van der Waals surface area contributed by atoms with Gasteiger partial charge in [-0.15, -0.1) is 0 Å². The third kappa shape index (κ3) is 5.80. The van der Waals surface area contributed by atoms with Crippen LogP contribution in [0, 0.1) is 11.3 Å². The summed E-state index contributed by atoms with van der Waals surface area (Å²) in [5.74, 6) is -0.928.